The summed E-state index contributed by atoms with van der Waals surface area (Å²) in [5, 5.41) is 12.6. The van der Waals surface area contributed by atoms with E-state index in [2.05, 4.69) is 10.2 Å². The van der Waals surface area contributed by atoms with E-state index in [4.69, 9.17) is 11.6 Å². The molecule has 0 aromatic heterocycles. The quantitative estimate of drug-likeness (QED) is 0.363. The van der Waals surface area contributed by atoms with Crippen molar-refractivity contribution in [1.29, 1.82) is 0 Å². The molecule has 5 rings (SSSR count). The topological polar surface area (TPSA) is 76.1 Å². The zero-order valence-electron chi connectivity index (χ0n) is 22.8. The maximum absolute atomic E-state index is 13.5. The average molecular weight is 583 g/mol. The minimum atomic E-state index is -2.86. The number of hydrogen-bond acceptors (Lipinski definition) is 5. The van der Waals surface area contributed by atoms with Crippen molar-refractivity contribution >= 4 is 34.8 Å². The molecule has 0 saturated carbocycles. The Labute approximate surface area is 243 Å². The molecule has 2 N–H and O–H groups in total. The summed E-state index contributed by atoms with van der Waals surface area (Å²) in [4.78, 5) is 31.8. The van der Waals surface area contributed by atoms with Gasteiger partial charge in [-0.05, 0) is 54.4 Å². The van der Waals surface area contributed by atoms with Crippen molar-refractivity contribution in [3.63, 3.8) is 0 Å². The Morgan fingerprint density at radius 3 is 2.20 bits per heavy atom. The normalized spacial score (nSPS) is 18.0. The van der Waals surface area contributed by atoms with Gasteiger partial charge < -0.3 is 20.2 Å². The van der Waals surface area contributed by atoms with Crippen LogP contribution in [0.3, 0.4) is 0 Å². The Morgan fingerprint density at radius 2 is 1.59 bits per heavy atom. The van der Waals surface area contributed by atoms with E-state index in [-0.39, 0.29) is 40.6 Å². The van der Waals surface area contributed by atoms with Gasteiger partial charge in [0.1, 0.15) is 5.75 Å². The molecule has 2 heterocycles. The first-order valence-electron chi connectivity index (χ1n) is 13.7. The van der Waals surface area contributed by atoms with E-state index in [0.717, 1.165) is 23.7 Å². The van der Waals surface area contributed by atoms with Gasteiger partial charge in [0, 0.05) is 56.6 Å². The molecule has 10 heteroatoms. The number of benzene rings is 3. The molecular formula is C31H33ClF2N4O3. The first kappa shape index (κ1) is 28.8. The maximum Gasteiger partial charge on any atom is 0.270 e. The average Bonchev–Trinajstić information content (AvgIpc) is 3.43. The summed E-state index contributed by atoms with van der Waals surface area (Å²) < 4.78 is 27.0. The largest absolute Gasteiger partial charge is 0.506 e. The van der Waals surface area contributed by atoms with Gasteiger partial charge in [0.15, 0.2) is 0 Å². The number of phenols is 1. The van der Waals surface area contributed by atoms with Gasteiger partial charge in [-0.3, -0.25) is 14.5 Å². The first-order valence-corrected chi connectivity index (χ1v) is 14.1. The van der Waals surface area contributed by atoms with E-state index in [1.807, 2.05) is 34.1 Å². The second-order valence-electron chi connectivity index (χ2n) is 10.8. The van der Waals surface area contributed by atoms with Gasteiger partial charge in [-0.2, -0.15) is 0 Å². The summed E-state index contributed by atoms with van der Waals surface area (Å²) in [6.07, 6.45) is 0.671. The molecule has 0 unspecified atom stereocenters. The fourth-order valence-electron chi connectivity index (χ4n) is 5.34. The number of anilines is 2. The molecule has 7 nitrogen and oxygen atoms in total. The van der Waals surface area contributed by atoms with E-state index < -0.39 is 5.92 Å². The van der Waals surface area contributed by atoms with Crippen LogP contribution in [0.5, 0.6) is 5.75 Å². The highest BCUT2D eigenvalue weighted by atomic mass is 35.5. The minimum Gasteiger partial charge on any atom is -0.506 e. The van der Waals surface area contributed by atoms with Crippen molar-refractivity contribution in [2.24, 2.45) is 5.92 Å². The van der Waals surface area contributed by atoms with Gasteiger partial charge in [0.25, 0.3) is 5.92 Å². The van der Waals surface area contributed by atoms with Crippen LogP contribution in [0.1, 0.15) is 18.9 Å². The van der Waals surface area contributed by atoms with Gasteiger partial charge in [0.2, 0.25) is 11.8 Å². The molecule has 2 amide bonds. The maximum atomic E-state index is 13.5. The van der Waals surface area contributed by atoms with Gasteiger partial charge in [-0.25, -0.2) is 8.78 Å². The highest BCUT2D eigenvalue weighted by Crippen LogP contribution is 2.30. The van der Waals surface area contributed by atoms with Crippen LogP contribution in [-0.4, -0.2) is 72.5 Å². The Hall–Kier alpha value is -3.69. The number of carbonyl (C=O) groups is 2. The highest BCUT2D eigenvalue weighted by Gasteiger charge is 2.31. The molecule has 1 atom stereocenters. The molecule has 41 heavy (non-hydrogen) atoms. The summed E-state index contributed by atoms with van der Waals surface area (Å²) in [6.45, 7) is 5.03. The van der Waals surface area contributed by atoms with Crippen molar-refractivity contribution in [2.75, 3.05) is 56.0 Å². The van der Waals surface area contributed by atoms with Gasteiger partial charge in [-0.1, -0.05) is 48.0 Å². The third-order valence-electron chi connectivity index (χ3n) is 7.81. The van der Waals surface area contributed by atoms with E-state index in [1.54, 1.807) is 18.2 Å². The standard InChI is InChI=1S/C31H33ClF2N4O3/c1-31(33,34)24-6-2-21(3-7-24)22-4-9-26(10-5-22)37-14-16-38(17-15-37)29(40)20-36-13-12-23(19-36)30(41)35-25-8-11-28(39)27(32)18-25/h2-11,18,23,39H,12-17,19-20H2,1H3,(H,35,41)/t23-/m1/s1. The molecule has 0 spiro atoms. The number of hydrogen-bond donors (Lipinski definition) is 2. The third-order valence-corrected chi connectivity index (χ3v) is 8.11. The number of rotatable bonds is 7. The predicted molar refractivity (Wildman–Crippen MR) is 157 cm³/mol. The van der Waals surface area contributed by atoms with Gasteiger partial charge in [-0.15, -0.1) is 0 Å². The van der Waals surface area contributed by atoms with Gasteiger partial charge >= 0.3 is 0 Å². The molecule has 2 saturated heterocycles. The number of piperazine rings is 1. The van der Waals surface area contributed by atoms with Crippen molar-refractivity contribution in [3.05, 3.63) is 77.3 Å². The lowest BCUT2D eigenvalue weighted by Crippen LogP contribution is -2.51. The molecule has 3 aromatic carbocycles. The SMILES string of the molecule is CC(F)(F)c1ccc(-c2ccc(N3CCN(C(=O)CN4CC[C@@H](C(=O)Nc5ccc(O)c(Cl)c5)C4)CC3)cc2)cc1. The van der Waals surface area contributed by atoms with E-state index >= 15 is 0 Å². The number of amides is 2. The number of nitrogens with one attached hydrogen (secondary N) is 1. The van der Waals surface area contributed by atoms with Crippen LogP contribution >= 0.6 is 11.6 Å². The van der Waals surface area contributed by atoms with Crippen molar-refractivity contribution in [3.8, 4) is 16.9 Å². The van der Waals surface area contributed by atoms with E-state index in [0.29, 0.717) is 51.4 Å². The fraction of sp³-hybridized carbons (Fsp3) is 0.355. The number of carbonyl (C=O) groups excluding carboxylic acids is 2. The number of halogens is 3. The van der Waals surface area contributed by atoms with Crippen LogP contribution in [0.4, 0.5) is 20.2 Å². The zero-order chi connectivity index (χ0) is 29.1. The van der Waals surface area contributed by atoms with Crippen LogP contribution in [-0.2, 0) is 15.5 Å². The summed E-state index contributed by atoms with van der Waals surface area (Å²) in [7, 11) is 0. The lowest BCUT2D eigenvalue weighted by atomic mass is 10.0. The number of aromatic hydroxyl groups is 1. The smallest absolute Gasteiger partial charge is 0.270 e. The molecule has 2 fully saturated rings. The van der Waals surface area contributed by atoms with Gasteiger partial charge in [0.05, 0.1) is 17.5 Å². The Kier molecular flexibility index (Phi) is 8.47. The highest BCUT2D eigenvalue weighted by molar-refractivity contribution is 6.32. The first-order chi connectivity index (χ1) is 19.6. The molecule has 2 aliphatic rings. The van der Waals surface area contributed by atoms with Crippen LogP contribution in [0, 0.1) is 5.92 Å². The third kappa shape index (κ3) is 6.97. The summed E-state index contributed by atoms with van der Waals surface area (Å²) in [6, 6.07) is 18.9. The molecule has 0 radical (unpaired) electrons. The molecule has 0 aliphatic carbocycles. The number of phenolic OH excluding ortho intramolecular Hbond substituents is 1. The monoisotopic (exact) mass is 582 g/mol. The Balaban J connectivity index is 1.08. The minimum absolute atomic E-state index is 0.00305. The second-order valence-corrected chi connectivity index (χ2v) is 11.2. The number of likely N-dealkylation sites (tertiary alicyclic amines) is 1. The van der Waals surface area contributed by atoms with E-state index in [1.165, 1.54) is 24.3 Å². The summed E-state index contributed by atoms with van der Waals surface area (Å²) >= 11 is 5.93. The molecule has 2 aliphatic heterocycles. The van der Waals surface area contributed by atoms with Crippen molar-refractivity contribution in [1.82, 2.24) is 9.80 Å². The van der Waals surface area contributed by atoms with Crippen molar-refractivity contribution in [2.45, 2.75) is 19.3 Å². The molecular weight excluding hydrogens is 550 g/mol. The zero-order valence-corrected chi connectivity index (χ0v) is 23.6. The Morgan fingerprint density at radius 1 is 0.951 bits per heavy atom. The lowest BCUT2D eigenvalue weighted by molar-refractivity contribution is -0.132. The second kappa shape index (κ2) is 12.0. The summed E-state index contributed by atoms with van der Waals surface area (Å²) in [5.74, 6) is -3.18. The molecule has 3 aromatic rings. The van der Waals surface area contributed by atoms with E-state index in [9.17, 15) is 23.5 Å². The van der Waals surface area contributed by atoms with Crippen LogP contribution < -0.4 is 10.2 Å². The van der Waals surface area contributed by atoms with Crippen LogP contribution in [0.15, 0.2) is 66.7 Å². The number of nitrogens with zero attached hydrogens (tertiary/aromatic N) is 3. The van der Waals surface area contributed by atoms with Crippen LogP contribution in [0.25, 0.3) is 11.1 Å². The summed E-state index contributed by atoms with van der Waals surface area (Å²) in [5.41, 5.74) is 3.42. The number of alkyl halides is 2. The molecule has 216 valence electrons. The lowest BCUT2D eigenvalue weighted by Gasteiger charge is -2.36. The molecule has 0 bridgehead atoms. The predicted octanol–water partition coefficient (Wildman–Crippen LogP) is 5.43. The van der Waals surface area contributed by atoms with Crippen molar-refractivity contribution < 1.29 is 23.5 Å². The Bertz CT molecular complexity index is 1390. The van der Waals surface area contributed by atoms with Crippen LogP contribution in [0.2, 0.25) is 5.02 Å². The fourth-order valence-corrected chi connectivity index (χ4v) is 5.53.